The van der Waals surface area contributed by atoms with Crippen molar-refractivity contribution < 1.29 is 14.1 Å². The maximum absolute atomic E-state index is 12.5. The molecular formula is C26H36N4O3. The van der Waals surface area contributed by atoms with Crippen molar-refractivity contribution in [1.29, 1.82) is 0 Å². The molecule has 2 aromatic rings. The van der Waals surface area contributed by atoms with Gasteiger partial charge in [0.05, 0.1) is 0 Å². The molecule has 33 heavy (non-hydrogen) atoms. The molecule has 0 radical (unpaired) electrons. The lowest BCUT2D eigenvalue weighted by molar-refractivity contribution is 0.0100. The van der Waals surface area contributed by atoms with E-state index in [0.717, 1.165) is 42.1 Å². The van der Waals surface area contributed by atoms with Crippen molar-refractivity contribution in [3.8, 4) is 11.5 Å². The maximum Gasteiger partial charge on any atom is 0.410 e. The van der Waals surface area contributed by atoms with Crippen LogP contribution in [0.5, 0.6) is 0 Å². The van der Waals surface area contributed by atoms with Crippen molar-refractivity contribution in [2.75, 3.05) is 13.6 Å². The topological polar surface area (TPSA) is 80.8 Å². The molecule has 2 heterocycles. The van der Waals surface area contributed by atoms with E-state index in [0.29, 0.717) is 12.4 Å². The molecule has 1 saturated heterocycles. The second-order valence-electron chi connectivity index (χ2n) is 10.5. The summed E-state index contributed by atoms with van der Waals surface area (Å²) in [6.07, 6.45) is 8.26. The summed E-state index contributed by atoms with van der Waals surface area (Å²) in [6, 6.07) is 6.37. The third kappa shape index (κ3) is 5.63. The first kappa shape index (κ1) is 23.5. The van der Waals surface area contributed by atoms with E-state index in [4.69, 9.17) is 14.2 Å². The highest BCUT2D eigenvalue weighted by atomic mass is 16.6. The zero-order valence-corrected chi connectivity index (χ0v) is 20.5. The Labute approximate surface area is 196 Å². The van der Waals surface area contributed by atoms with Crippen LogP contribution in [0.2, 0.25) is 0 Å². The highest BCUT2D eigenvalue weighted by molar-refractivity contribution is 5.83. The Morgan fingerprint density at radius 3 is 2.73 bits per heavy atom. The first-order valence-corrected chi connectivity index (χ1v) is 12.1. The number of amides is 1. The largest absolute Gasteiger partial charge is 0.444 e. The van der Waals surface area contributed by atoms with Crippen molar-refractivity contribution in [2.24, 2.45) is 10.9 Å². The second-order valence-corrected chi connectivity index (χ2v) is 10.5. The Kier molecular flexibility index (Phi) is 6.86. The fraction of sp³-hybridized carbons (Fsp3) is 0.615. The number of carbonyl (C=O) groups excluding carboxylic acids is 1. The van der Waals surface area contributed by atoms with Gasteiger partial charge in [-0.15, -0.1) is 0 Å². The molecule has 1 aliphatic heterocycles. The number of hydrogen-bond donors (Lipinski definition) is 0. The predicted molar refractivity (Wildman–Crippen MR) is 129 cm³/mol. The zero-order valence-electron chi connectivity index (χ0n) is 20.5. The van der Waals surface area contributed by atoms with E-state index in [-0.39, 0.29) is 18.1 Å². The molecule has 0 N–H and O–H groups in total. The highest BCUT2D eigenvalue weighted by Gasteiger charge is 2.34. The van der Waals surface area contributed by atoms with Crippen LogP contribution < -0.4 is 0 Å². The minimum absolute atomic E-state index is 0.0576. The maximum atomic E-state index is 12.5. The lowest BCUT2D eigenvalue weighted by Crippen LogP contribution is -2.46. The molecule has 7 heteroatoms. The van der Waals surface area contributed by atoms with Crippen molar-refractivity contribution in [3.63, 3.8) is 0 Å². The van der Waals surface area contributed by atoms with Crippen LogP contribution in [-0.2, 0) is 11.2 Å². The molecule has 4 rings (SSSR count). The van der Waals surface area contributed by atoms with Gasteiger partial charge in [-0.25, -0.2) is 4.79 Å². The minimum atomic E-state index is -0.494. The lowest BCUT2D eigenvalue weighted by atomic mass is 9.80. The number of hydrogen-bond acceptors (Lipinski definition) is 6. The van der Waals surface area contributed by atoms with Gasteiger partial charge in [-0.05, 0) is 76.1 Å². The number of rotatable bonds is 5. The van der Waals surface area contributed by atoms with E-state index < -0.39 is 5.60 Å². The van der Waals surface area contributed by atoms with Crippen LogP contribution in [0.4, 0.5) is 4.79 Å². The first-order chi connectivity index (χ1) is 15.7. The predicted octanol–water partition coefficient (Wildman–Crippen LogP) is 5.63. The van der Waals surface area contributed by atoms with Crippen molar-refractivity contribution in [2.45, 2.75) is 83.8 Å². The summed E-state index contributed by atoms with van der Waals surface area (Å²) in [5.41, 5.74) is 2.92. The van der Waals surface area contributed by atoms with Crippen molar-refractivity contribution in [3.05, 3.63) is 35.2 Å². The van der Waals surface area contributed by atoms with E-state index in [1.807, 2.05) is 38.0 Å². The molecule has 178 valence electrons. The number of aliphatic imine (C=N–C) groups is 1. The Morgan fingerprint density at radius 1 is 1.30 bits per heavy atom. The molecule has 1 unspecified atom stereocenters. The number of piperidine rings is 1. The van der Waals surface area contributed by atoms with Crippen LogP contribution in [0.25, 0.3) is 11.5 Å². The Balaban J connectivity index is 1.46. The quantitative estimate of drug-likeness (QED) is 0.549. The molecule has 1 aliphatic carbocycles. The third-order valence-corrected chi connectivity index (χ3v) is 6.70. The van der Waals surface area contributed by atoms with Crippen LogP contribution in [0.3, 0.4) is 0 Å². The summed E-state index contributed by atoms with van der Waals surface area (Å²) >= 11 is 0. The van der Waals surface area contributed by atoms with Crippen molar-refractivity contribution in [1.82, 2.24) is 15.0 Å². The summed E-state index contributed by atoms with van der Waals surface area (Å²) in [4.78, 5) is 23.3. The Bertz CT molecular complexity index is 1000. The first-order valence-electron chi connectivity index (χ1n) is 12.1. The molecule has 0 bridgehead atoms. The molecule has 2 aliphatic rings. The second kappa shape index (κ2) is 9.65. The molecule has 0 spiro atoms. The number of benzene rings is 1. The highest BCUT2D eigenvalue weighted by Crippen LogP contribution is 2.34. The molecule has 1 saturated carbocycles. The summed E-state index contributed by atoms with van der Waals surface area (Å²) in [7, 11) is 1.81. The SMILES string of the molecule is C/N=C\c1ccc(-c2nc([C@H]3CCN(C(=O)OC(C)(C)C)C(C)C3)no2)cc1CC1CCC1. The van der Waals surface area contributed by atoms with E-state index in [1.54, 1.807) is 7.05 Å². The van der Waals surface area contributed by atoms with E-state index in [9.17, 15) is 4.79 Å². The van der Waals surface area contributed by atoms with Gasteiger partial charge >= 0.3 is 6.09 Å². The van der Waals surface area contributed by atoms with E-state index in [1.165, 1.54) is 24.8 Å². The smallest absolute Gasteiger partial charge is 0.410 e. The molecule has 1 aromatic heterocycles. The number of likely N-dealkylation sites (tertiary alicyclic amines) is 1. The van der Waals surface area contributed by atoms with Gasteiger partial charge in [-0.2, -0.15) is 4.98 Å². The molecular weight excluding hydrogens is 416 g/mol. The van der Waals surface area contributed by atoms with Crippen LogP contribution in [-0.4, -0.2) is 52.6 Å². The summed E-state index contributed by atoms with van der Waals surface area (Å²) in [6.45, 7) is 8.35. The number of ether oxygens (including phenoxy) is 1. The van der Waals surface area contributed by atoms with Gasteiger partial charge in [-0.1, -0.05) is 30.5 Å². The monoisotopic (exact) mass is 452 g/mol. The fourth-order valence-electron chi connectivity index (χ4n) is 4.70. The average Bonchev–Trinajstić information content (AvgIpc) is 3.20. The molecule has 2 atom stereocenters. The number of carbonyl (C=O) groups is 1. The number of nitrogens with zero attached hydrogens (tertiary/aromatic N) is 4. The normalized spacial score (nSPS) is 21.9. The van der Waals surface area contributed by atoms with Gasteiger partial charge in [0, 0.05) is 37.3 Å². The van der Waals surface area contributed by atoms with E-state index >= 15 is 0 Å². The third-order valence-electron chi connectivity index (χ3n) is 6.70. The van der Waals surface area contributed by atoms with Gasteiger partial charge < -0.3 is 14.2 Å². The van der Waals surface area contributed by atoms with Gasteiger partial charge in [0.25, 0.3) is 5.89 Å². The molecule has 1 aromatic carbocycles. The van der Waals surface area contributed by atoms with Gasteiger partial charge in [0.2, 0.25) is 0 Å². The summed E-state index contributed by atoms with van der Waals surface area (Å²) in [5, 5.41) is 4.31. The van der Waals surface area contributed by atoms with E-state index in [2.05, 4.69) is 29.2 Å². The fourth-order valence-corrected chi connectivity index (χ4v) is 4.70. The van der Waals surface area contributed by atoms with Crippen LogP contribution in [0.1, 0.15) is 82.7 Å². The van der Waals surface area contributed by atoms with Gasteiger partial charge in [-0.3, -0.25) is 4.99 Å². The van der Waals surface area contributed by atoms with Crippen molar-refractivity contribution >= 4 is 12.3 Å². The standard InChI is InChI=1S/C26H36N4O3/c1-17-13-19(11-12-30(17)25(31)32-26(2,3)4)23-28-24(33-29-23)20-9-10-21(16-27-5)22(15-20)14-18-7-6-8-18/h9-10,15-19H,6-8,11-14H2,1-5H3/b27-16-/t17?,19-/m0/s1. The zero-order chi connectivity index (χ0) is 23.6. The van der Waals surface area contributed by atoms with Gasteiger partial charge in [0.15, 0.2) is 5.82 Å². The summed E-state index contributed by atoms with van der Waals surface area (Å²) < 4.78 is 11.2. The van der Waals surface area contributed by atoms with Crippen LogP contribution in [0, 0.1) is 5.92 Å². The Morgan fingerprint density at radius 2 is 2.09 bits per heavy atom. The average molecular weight is 453 g/mol. The van der Waals surface area contributed by atoms with Gasteiger partial charge in [0.1, 0.15) is 5.60 Å². The van der Waals surface area contributed by atoms with Crippen LogP contribution >= 0.6 is 0 Å². The Hall–Kier alpha value is -2.70. The minimum Gasteiger partial charge on any atom is -0.444 e. The lowest BCUT2D eigenvalue weighted by Gasteiger charge is -2.37. The molecule has 1 amide bonds. The molecule has 7 nitrogen and oxygen atoms in total. The summed E-state index contributed by atoms with van der Waals surface area (Å²) in [5.74, 6) is 2.21. The van der Waals surface area contributed by atoms with Crippen LogP contribution in [0.15, 0.2) is 27.7 Å². The molecule has 2 fully saturated rings. The number of aromatic nitrogens is 2.